The first-order chi connectivity index (χ1) is 58.2. The van der Waals surface area contributed by atoms with Crippen LogP contribution in [0.3, 0.4) is 0 Å². The fourth-order valence-electron chi connectivity index (χ4n) is 19.0. The van der Waals surface area contributed by atoms with Crippen LogP contribution in [0, 0.1) is 10.8 Å². The molecule has 6 aliphatic heterocycles. The second kappa shape index (κ2) is 41.4. The minimum atomic E-state index is -0.538. The van der Waals surface area contributed by atoms with Gasteiger partial charge in [0.05, 0.1) is 0 Å². The Kier molecular flexibility index (Phi) is 34.7. The van der Waals surface area contributed by atoms with Gasteiger partial charge in [-0.2, -0.15) is 0 Å². The highest BCUT2D eigenvalue weighted by atomic mass is 16.7. The molecular formula is C119H180N4O4. The Hall–Kier alpha value is -7.62. The highest BCUT2D eigenvalue weighted by molar-refractivity contribution is 5.62. The van der Waals surface area contributed by atoms with Crippen molar-refractivity contribution in [2.45, 2.75) is 400 Å². The number of benzene rings is 8. The maximum absolute atomic E-state index is 9.16. The van der Waals surface area contributed by atoms with Crippen molar-refractivity contribution in [3.8, 4) is 17.2 Å². The summed E-state index contributed by atoms with van der Waals surface area (Å²) in [7, 11) is 0. The lowest BCUT2D eigenvalue weighted by molar-refractivity contribution is -0.0437. The van der Waals surface area contributed by atoms with Crippen LogP contribution >= 0.6 is 0 Å². The first kappa shape index (κ1) is 106. The van der Waals surface area contributed by atoms with E-state index in [1.165, 1.54) is 129 Å². The van der Waals surface area contributed by atoms with Crippen molar-refractivity contribution in [1.82, 2.24) is 9.80 Å². The quantitative estimate of drug-likeness (QED) is 0.136. The molecule has 0 saturated heterocycles. The smallest absolute Gasteiger partial charge is 0.246 e. The molecule has 0 aliphatic carbocycles. The predicted molar refractivity (Wildman–Crippen MR) is 553 cm³/mol. The summed E-state index contributed by atoms with van der Waals surface area (Å²) in [4.78, 5) is 5.23. The minimum Gasteiger partial charge on any atom is -0.487 e. The van der Waals surface area contributed by atoms with Gasteiger partial charge >= 0.3 is 0 Å². The number of hydrogen-bond acceptors (Lipinski definition) is 8. The molecule has 0 aromatic heterocycles. The zero-order valence-electron chi connectivity index (χ0n) is 88.0. The topological polar surface area (TPSA) is 78.5 Å². The van der Waals surface area contributed by atoms with Crippen LogP contribution in [0.4, 0.5) is 11.4 Å². The molecule has 8 nitrogen and oxygen atoms in total. The molecule has 8 aromatic carbocycles. The van der Waals surface area contributed by atoms with E-state index in [0.717, 1.165) is 62.8 Å². The lowest BCUT2D eigenvalue weighted by Gasteiger charge is -2.37. The number of anilines is 2. The number of aliphatic hydroxyl groups excluding tert-OH is 1. The van der Waals surface area contributed by atoms with Gasteiger partial charge in [0.25, 0.3) is 0 Å². The van der Waals surface area contributed by atoms with Crippen molar-refractivity contribution in [3.05, 3.63) is 265 Å². The first-order valence-corrected chi connectivity index (χ1v) is 48.4. The average Bonchev–Trinajstić information content (AvgIpc) is 1.62. The van der Waals surface area contributed by atoms with E-state index in [1.807, 2.05) is 32.1 Å². The lowest BCUT2D eigenvalue weighted by Crippen LogP contribution is -2.37. The number of para-hydroxylation sites is 3. The Balaban J connectivity index is 0.000000199. The lowest BCUT2D eigenvalue weighted by atomic mass is 9.73. The molecule has 14 rings (SSSR count). The molecule has 127 heavy (non-hydrogen) atoms. The van der Waals surface area contributed by atoms with E-state index >= 15 is 0 Å². The number of hydrogen-bond donors (Lipinski definition) is 3. The molecule has 0 saturated carbocycles. The maximum atomic E-state index is 9.16. The van der Waals surface area contributed by atoms with Crippen LogP contribution in [0.5, 0.6) is 17.2 Å². The number of aryl methyl sites for hydroxylation is 1. The number of nitrogens with zero attached hydrogens (tertiary/aromatic N) is 2. The van der Waals surface area contributed by atoms with Gasteiger partial charge < -0.3 is 30.0 Å². The number of ether oxygens (including phenoxy) is 3. The second-order valence-electron chi connectivity index (χ2n) is 49.9. The number of allylic oxidation sites excluding steroid dienone is 1. The highest BCUT2D eigenvalue weighted by Gasteiger charge is 2.42. The van der Waals surface area contributed by atoms with Gasteiger partial charge in [-0.25, -0.2) is 0 Å². The van der Waals surface area contributed by atoms with Crippen LogP contribution < -0.4 is 24.8 Å². The third-order valence-electron chi connectivity index (χ3n) is 25.4. The number of fused-ring (bicyclic) bond motifs is 6. The normalized spacial score (nSPS) is 16.6. The first-order valence-electron chi connectivity index (χ1n) is 48.4. The Morgan fingerprint density at radius 3 is 1.34 bits per heavy atom. The largest absolute Gasteiger partial charge is 0.487 e. The van der Waals surface area contributed by atoms with E-state index in [2.05, 4.69) is 429 Å². The van der Waals surface area contributed by atoms with Crippen molar-refractivity contribution in [2.24, 2.45) is 10.8 Å². The van der Waals surface area contributed by atoms with Crippen LogP contribution in [0.15, 0.2) is 170 Å². The van der Waals surface area contributed by atoms with Crippen molar-refractivity contribution in [3.63, 3.8) is 0 Å². The van der Waals surface area contributed by atoms with Gasteiger partial charge in [0.2, 0.25) is 5.79 Å². The number of rotatable bonds is 7. The molecule has 6 aliphatic rings. The van der Waals surface area contributed by atoms with Crippen molar-refractivity contribution >= 4 is 11.4 Å². The molecule has 0 fully saturated rings. The molecule has 0 radical (unpaired) electrons. The third-order valence-corrected chi connectivity index (χ3v) is 25.4. The van der Waals surface area contributed by atoms with Gasteiger partial charge in [-0.15, -0.1) is 6.58 Å². The van der Waals surface area contributed by atoms with E-state index in [-0.39, 0.29) is 71.8 Å². The SMILES string of the molecule is C=CC(C)(C)c1ccccc1C(C)(C)C.CC(C)(C)CN1CCc2c(cccc2C(C)(C)C)C1.CC(C)(C)c1cccc2c1CCCN2.CC(C)(C)c1cccc2c1NCCC2.CC(C)(C)c1ccccc1C(C)(C)CCO.CC1(C)Cc2cccc(C(C)(C)C)c2O1.CC1(C)Oc2cccc(C(C)(C)C)c2O1.CCN1Cc2cccc(C(C)(C)C)c2C1C(C)(C)C. The Morgan fingerprint density at radius 1 is 0.409 bits per heavy atom. The van der Waals surface area contributed by atoms with Gasteiger partial charge in [0, 0.05) is 94.5 Å². The molecule has 6 heterocycles. The molecule has 0 spiro atoms. The summed E-state index contributed by atoms with van der Waals surface area (Å²) >= 11 is 0. The maximum Gasteiger partial charge on any atom is 0.246 e. The van der Waals surface area contributed by atoms with Crippen LogP contribution in [-0.4, -0.2) is 65.6 Å². The number of aliphatic hydroxyl groups is 1. The van der Waals surface area contributed by atoms with Crippen LogP contribution in [0.25, 0.3) is 0 Å². The van der Waals surface area contributed by atoms with Crippen molar-refractivity contribution in [1.29, 1.82) is 0 Å². The average molecular weight is 1730 g/mol. The fraction of sp³-hybridized carbons (Fsp3) is 0.580. The van der Waals surface area contributed by atoms with E-state index in [4.69, 9.17) is 19.3 Å². The summed E-state index contributed by atoms with van der Waals surface area (Å²) in [5.74, 6) is 2.33. The molecule has 3 N–H and O–H groups in total. The molecule has 8 aromatic rings. The van der Waals surface area contributed by atoms with Gasteiger partial charge in [0.15, 0.2) is 11.5 Å². The summed E-state index contributed by atoms with van der Waals surface area (Å²) in [5.41, 5.74) is 29.8. The minimum absolute atomic E-state index is 0.0380. The Labute approximate surface area is 778 Å². The molecule has 8 heteroatoms. The number of nitrogens with one attached hydrogen (secondary N) is 2. The zero-order valence-corrected chi connectivity index (χ0v) is 88.0. The molecule has 0 amide bonds. The zero-order chi connectivity index (χ0) is 95.7. The summed E-state index contributed by atoms with van der Waals surface area (Å²) in [6.07, 6.45) is 10.0. The van der Waals surface area contributed by atoms with Gasteiger partial charge in [-0.1, -0.05) is 394 Å². The molecule has 1 atom stereocenters. The van der Waals surface area contributed by atoms with E-state index in [1.54, 1.807) is 22.3 Å². The van der Waals surface area contributed by atoms with Crippen LogP contribution in [-0.2, 0) is 92.9 Å². The van der Waals surface area contributed by atoms with E-state index < -0.39 is 5.79 Å². The van der Waals surface area contributed by atoms with E-state index in [9.17, 15) is 0 Å². The van der Waals surface area contributed by atoms with E-state index in [0.29, 0.717) is 11.5 Å². The Morgan fingerprint density at radius 2 is 0.835 bits per heavy atom. The van der Waals surface area contributed by atoms with Crippen molar-refractivity contribution < 1.29 is 19.3 Å². The van der Waals surface area contributed by atoms with Crippen LogP contribution in [0.1, 0.15) is 390 Å². The highest BCUT2D eigenvalue weighted by Crippen LogP contribution is 2.51. The van der Waals surface area contributed by atoms with Gasteiger partial charge in [-0.3, -0.25) is 9.80 Å². The molecular weight excluding hydrogens is 1550 g/mol. The summed E-state index contributed by atoms with van der Waals surface area (Å²) in [5, 5.41) is 16.2. The summed E-state index contributed by atoms with van der Waals surface area (Å²) in [6, 6.07) is 57.4. The van der Waals surface area contributed by atoms with Crippen LogP contribution in [0.2, 0.25) is 0 Å². The molecule has 0 bridgehead atoms. The monoisotopic (exact) mass is 1730 g/mol. The second-order valence-corrected chi connectivity index (χ2v) is 49.9. The predicted octanol–water partition coefficient (Wildman–Crippen LogP) is 31.3. The standard InChI is InChI=1S/2C18H29N.C15H24O.C15H22.C14H20O.2C13H19N.C13H18O2/c1-17(2,3)13-19-11-10-15-14(12-19)8-7-9-16(15)18(4,5)6;1-8-19-12-13-10-9-11-14(17(2,3)4)15(13)16(19)18(5,6)7;1-14(2,3)12-8-6-7-9-13(12)15(4,5)10-11-16;1-7-15(5,6)13-11-9-8-10-12(13)14(2,3)4;1-13(2,3)11-8-6-7-10-9-14(4,5)15-12(10)11;1-13(2,3)11-7-4-8-12-10(11)6-5-9-14-12;1-13(2,3)11-8-4-6-10-7-5-9-14-12(10)11;1-12(2,3)9-7-6-8-10-11(9)15-13(4,5)14-10/h7-9H,10-13H2,1-6H3;9-11,16H,8,12H2,1-7H3;6-9,16H,10-11H2,1-5H3;7-11H,1H2,2-6H3;6-8H,9H2,1-5H3;4,7-8,14H,5-6,9H2,1-3H3;4,6,8,14H,5,7,9H2,1-3H3;6-8H,1-5H3. The summed E-state index contributed by atoms with van der Waals surface area (Å²) in [6.45, 7) is 99.9. The van der Waals surface area contributed by atoms with Gasteiger partial charge in [-0.05, 0) is 220 Å². The third kappa shape index (κ3) is 29.4. The van der Waals surface area contributed by atoms with Gasteiger partial charge in [0.1, 0.15) is 11.4 Å². The van der Waals surface area contributed by atoms with Crippen molar-refractivity contribution in [2.75, 3.05) is 50.0 Å². The Bertz CT molecular complexity index is 4740. The molecule has 700 valence electrons. The molecule has 1 unspecified atom stereocenters. The fourth-order valence-corrected chi connectivity index (χ4v) is 19.0. The summed E-state index contributed by atoms with van der Waals surface area (Å²) < 4.78 is 17.6.